The molecular weight excluding hydrogens is 246 g/mol. The fraction of sp³-hybridized carbons (Fsp3) is 0.417. The SMILES string of the molecule is Cc1nn(C)cc1CNCc1c(C(=O)O)cnn1C. The Morgan fingerprint density at radius 1 is 1.42 bits per heavy atom. The van der Waals surface area contributed by atoms with Crippen LogP contribution in [0.5, 0.6) is 0 Å². The molecule has 0 atom stereocenters. The molecule has 0 unspecified atom stereocenters. The number of aryl methyl sites for hydroxylation is 3. The maximum Gasteiger partial charge on any atom is 0.339 e. The molecule has 7 heteroatoms. The van der Waals surface area contributed by atoms with E-state index in [2.05, 4.69) is 15.5 Å². The quantitative estimate of drug-likeness (QED) is 0.818. The highest BCUT2D eigenvalue weighted by Gasteiger charge is 2.14. The van der Waals surface area contributed by atoms with Gasteiger partial charge in [0.15, 0.2) is 0 Å². The summed E-state index contributed by atoms with van der Waals surface area (Å²) in [7, 11) is 3.61. The highest BCUT2D eigenvalue weighted by atomic mass is 16.4. The minimum atomic E-state index is -0.956. The van der Waals surface area contributed by atoms with E-state index in [-0.39, 0.29) is 5.56 Å². The summed E-state index contributed by atoms with van der Waals surface area (Å²) in [6.45, 7) is 3.04. The Bertz CT molecular complexity index is 599. The molecule has 0 fully saturated rings. The standard InChI is InChI=1S/C12H17N5O2/c1-8-9(7-16(2)15-8)4-13-6-11-10(12(18)19)5-14-17(11)3/h5,7,13H,4,6H2,1-3H3,(H,18,19). The minimum absolute atomic E-state index is 0.234. The van der Waals surface area contributed by atoms with Crippen molar-refractivity contribution < 1.29 is 9.90 Å². The van der Waals surface area contributed by atoms with Gasteiger partial charge in [-0.1, -0.05) is 0 Å². The summed E-state index contributed by atoms with van der Waals surface area (Å²) in [6, 6.07) is 0. The zero-order valence-electron chi connectivity index (χ0n) is 11.2. The summed E-state index contributed by atoms with van der Waals surface area (Å²) in [6.07, 6.45) is 3.32. The molecule has 0 saturated carbocycles. The van der Waals surface area contributed by atoms with E-state index in [0.717, 1.165) is 11.3 Å². The fourth-order valence-electron chi connectivity index (χ4n) is 1.99. The van der Waals surface area contributed by atoms with Gasteiger partial charge in [-0.2, -0.15) is 10.2 Å². The van der Waals surface area contributed by atoms with Crippen LogP contribution in [0.1, 0.15) is 27.3 Å². The largest absolute Gasteiger partial charge is 0.478 e. The predicted molar refractivity (Wildman–Crippen MR) is 68.7 cm³/mol. The molecule has 102 valence electrons. The van der Waals surface area contributed by atoms with Crippen molar-refractivity contribution in [1.29, 1.82) is 0 Å². The van der Waals surface area contributed by atoms with E-state index < -0.39 is 5.97 Å². The van der Waals surface area contributed by atoms with Crippen molar-refractivity contribution in [1.82, 2.24) is 24.9 Å². The van der Waals surface area contributed by atoms with Gasteiger partial charge in [-0.3, -0.25) is 9.36 Å². The zero-order valence-corrected chi connectivity index (χ0v) is 11.2. The summed E-state index contributed by atoms with van der Waals surface area (Å²) < 4.78 is 3.34. The van der Waals surface area contributed by atoms with E-state index in [1.54, 1.807) is 16.4 Å². The lowest BCUT2D eigenvalue weighted by Gasteiger charge is -2.06. The molecule has 0 spiro atoms. The Morgan fingerprint density at radius 2 is 2.16 bits per heavy atom. The molecule has 0 aromatic carbocycles. The first-order valence-corrected chi connectivity index (χ1v) is 5.93. The number of aromatic nitrogens is 4. The van der Waals surface area contributed by atoms with Crippen molar-refractivity contribution in [2.45, 2.75) is 20.0 Å². The second-order valence-electron chi connectivity index (χ2n) is 4.45. The Hall–Kier alpha value is -2.15. The second-order valence-corrected chi connectivity index (χ2v) is 4.45. The molecule has 2 N–H and O–H groups in total. The third-order valence-electron chi connectivity index (χ3n) is 3.02. The molecule has 0 aliphatic carbocycles. The van der Waals surface area contributed by atoms with Crippen LogP contribution in [0.25, 0.3) is 0 Å². The maximum absolute atomic E-state index is 11.0. The fourth-order valence-corrected chi connectivity index (χ4v) is 1.99. The third-order valence-corrected chi connectivity index (χ3v) is 3.02. The Balaban J connectivity index is 2.02. The van der Waals surface area contributed by atoms with E-state index in [1.807, 2.05) is 20.2 Å². The Labute approximate surface area is 110 Å². The number of carboxylic acids is 1. The number of nitrogens with one attached hydrogen (secondary N) is 1. The summed E-state index contributed by atoms with van der Waals surface area (Å²) in [5.41, 5.74) is 2.96. The van der Waals surface area contributed by atoms with Crippen molar-refractivity contribution in [2.24, 2.45) is 14.1 Å². The van der Waals surface area contributed by atoms with Gasteiger partial charge >= 0.3 is 5.97 Å². The summed E-state index contributed by atoms with van der Waals surface area (Å²) in [4.78, 5) is 11.0. The topological polar surface area (TPSA) is 85.0 Å². The van der Waals surface area contributed by atoms with Gasteiger partial charge in [-0.25, -0.2) is 4.79 Å². The molecule has 19 heavy (non-hydrogen) atoms. The van der Waals surface area contributed by atoms with Gasteiger partial charge in [0.25, 0.3) is 0 Å². The Morgan fingerprint density at radius 3 is 2.74 bits per heavy atom. The molecule has 0 aliphatic rings. The third kappa shape index (κ3) is 2.82. The van der Waals surface area contributed by atoms with Crippen molar-refractivity contribution in [3.8, 4) is 0 Å². The molecule has 0 radical (unpaired) electrons. The highest BCUT2D eigenvalue weighted by molar-refractivity contribution is 5.88. The van der Waals surface area contributed by atoms with Crippen LogP contribution < -0.4 is 5.32 Å². The molecule has 0 amide bonds. The first kappa shape index (κ1) is 13.3. The number of carbonyl (C=O) groups is 1. The number of carboxylic acid groups (broad SMARTS) is 1. The van der Waals surface area contributed by atoms with Crippen LogP contribution in [0.3, 0.4) is 0 Å². The van der Waals surface area contributed by atoms with E-state index in [4.69, 9.17) is 5.11 Å². The van der Waals surface area contributed by atoms with Gasteiger partial charge in [0.05, 0.1) is 17.6 Å². The van der Waals surface area contributed by atoms with E-state index in [9.17, 15) is 4.79 Å². The number of hydrogen-bond donors (Lipinski definition) is 2. The molecule has 2 aromatic heterocycles. The lowest BCUT2D eigenvalue weighted by atomic mass is 10.2. The van der Waals surface area contributed by atoms with Crippen LogP contribution in [0, 0.1) is 6.92 Å². The number of rotatable bonds is 5. The first-order valence-electron chi connectivity index (χ1n) is 5.93. The Kier molecular flexibility index (Phi) is 3.66. The minimum Gasteiger partial charge on any atom is -0.478 e. The summed E-state index contributed by atoms with van der Waals surface area (Å²) >= 11 is 0. The van der Waals surface area contributed by atoms with Crippen molar-refractivity contribution >= 4 is 5.97 Å². The first-order chi connectivity index (χ1) is 8.99. The molecule has 2 aromatic rings. The lowest BCUT2D eigenvalue weighted by Crippen LogP contribution is -2.17. The van der Waals surface area contributed by atoms with Crippen LogP contribution in [-0.2, 0) is 27.2 Å². The van der Waals surface area contributed by atoms with Crippen LogP contribution in [0.4, 0.5) is 0 Å². The van der Waals surface area contributed by atoms with Gasteiger partial charge in [0.2, 0.25) is 0 Å². The smallest absolute Gasteiger partial charge is 0.339 e. The summed E-state index contributed by atoms with van der Waals surface area (Å²) in [5.74, 6) is -0.956. The second kappa shape index (κ2) is 5.23. The zero-order chi connectivity index (χ0) is 14.0. The van der Waals surface area contributed by atoms with E-state index in [0.29, 0.717) is 18.8 Å². The van der Waals surface area contributed by atoms with Gasteiger partial charge in [0, 0.05) is 38.9 Å². The number of hydrogen-bond acceptors (Lipinski definition) is 4. The van der Waals surface area contributed by atoms with Crippen LogP contribution in [-0.4, -0.2) is 30.6 Å². The molecule has 0 saturated heterocycles. The van der Waals surface area contributed by atoms with E-state index in [1.165, 1.54) is 6.20 Å². The number of nitrogens with zero attached hydrogens (tertiary/aromatic N) is 4. The van der Waals surface area contributed by atoms with Gasteiger partial charge < -0.3 is 10.4 Å². The van der Waals surface area contributed by atoms with Gasteiger partial charge in [0.1, 0.15) is 5.56 Å². The summed E-state index contributed by atoms with van der Waals surface area (Å²) in [5, 5.41) is 20.5. The normalized spacial score (nSPS) is 10.9. The molecule has 2 heterocycles. The average Bonchev–Trinajstić information content (AvgIpc) is 2.84. The number of aromatic carboxylic acids is 1. The van der Waals surface area contributed by atoms with E-state index >= 15 is 0 Å². The van der Waals surface area contributed by atoms with Crippen molar-refractivity contribution in [3.63, 3.8) is 0 Å². The average molecular weight is 263 g/mol. The van der Waals surface area contributed by atoms with Gasteiger partial charge in [-0.05, 0) is 6.92 Å². The van der Waals surface area contributed by atoms with Gasteiger partial charge in [-0.15, -0.1) is 0 Å². The molecule has 7 nitrogen and oxygen atoms in total. The van der Waals surface area contributed by atoms with Crippen LogP contribution >= 0.6 is 0 Å². The molecule has 0 bridgehead atoms. The predicted octanol–water partition coefficient (Wildman–Crippen LogP) is 0.450. The van der Waals surface area contributed by atoms with Crippen molar-refractivity contribution in [3.05, 3.63) is 34.9 Å². The molecule has 0 aliphatic heterocycles. The molecular formula is C12H17N5O2. The maximum atomic E-state index is 11.0. The highest BCUT2D eigenvalue weighted by Crippen LogP contribution is 2.08. The molecule has 2 rings (SSSR count). The monoisotopic (exact) mass is 263 g/mol. The van der Waals surface area contributed by atoms with Crippen LogP contribution in [0.15, 0.2) is 12.4 Å². The van der Waals surface area contributed by atoms with Crippen LogP contribution in [0.2, 0.25) is 0 Å². The lowest BCUT2D eigenvalue weighted by molar-refractivity contribution is 0.0695. The van der Waals surface area contributed by atoms with Crippen molar-refractivity contribution in [2.75, 3.05) is 0 Å².